The first-order chi connectivity index (χ1) is 13.0. The number of ether oxygens (including phenoxy) is 1. The minimum atomic E-state index is -0.167. The van der Waals surface area contributed by atoms with Crippen LogP contribution in [-0.2, 0) is 11.3 Å². The highest BCUT2D eigenvalue weighted by Crippen LogP contribution is 2.23. The molecule has 0 aliphatic rings. The van der Waals surface area contributed by atoms with Crippen molar-refractivity contribution < 1.29 is 9.53 Å². The zero-order chi connectivity index (χ0) is 19.4. The molecule has 0 saturated carbocycles. The molecule has 27 heavy (non-hydrogen) atoms. The molecule has 140 valence electrons. The number of aryl methyl sites for hydroxylation is 1. The van der Waals surface area contributed by atoms with Crippen LogP contribution in [0.25, 0.3) is 10.9 Å². The van der Waals surface area contributed by atoms with Gasteiger partial charge in [-0.15, -0.1) is 0 Å². The van der Waals surface area contributed by atoms with Crippen LogP contribution in [0.15, 0.2) is 53.3 Å². The van der Waals surface area contributed by atoms with Crippen molar-refractivity contribution in [1.29, 1.82) is 0 Å². The molecule has 1 amide bonds. The lowest BCUT2D eigenvalue weighted by molar-refractivity contribution is -0.118. The second-order valence-corrected chi connectivity index (χ2v) is 6.59. The van der Waals surface area contributed by atoms with Crippen molar-refractivity contribution in [3.8, 4) is 5.75 Å². The maximum atomic E-state index is 12.7. The lowest BCUT2D eigenvalue weighted by atomic mass is 10.1. The quantitative estimate of drug-likeness (QED) is 0.714. The molecule has 5 heteroatoms. The molecule has 1 heterocycles. The molecule has 0 saturated heterocycles. The van der Waals surface area contributed by atoms with E-state index in [1.807, 2.05) is 62.4 Å². The Morgan fingerprint density at radius 3 is 2.56 bits per heavy atom. The van der Waals surface area contributed by atoms with E-state index < -0.39 is 0 Å². The molecular formula is C22H24N2O3. The van der Waals surface area contributed by atoms with Gasteiger partial charge >= 0.3 is 0 Å². The molecule has 0 fully saturated rings. The predicted octanol–water partition coefficient (Wildman–Crippen LogP) is 4.18. The molecule has 0 bridgehead atoms. The van der Waals surface area contributed by atoms with E-state index in [2.05, 4.69) is 4.98 Å². The number of nitrogens with zero attached hydrogens (tertiary/aromatic N) is 1. The number of benzene rings is 2. The molecule has 0 aliphatic heterocycles. The number of H-pyrrole nitrogens is 1. The number of aromatic nitrogens is 1. The second kappa shape index (κ2) is 8.08. The average molecular weight is 364 g/mol. The number of carbonyl (C=O) groups is 1. The second-order valence-electron chi connectivity index (χ2n) is 6.59. The first kappa shape index (κ1) is 18.7. The molecule has 0 spiro atoms. The zero-order valence-electron chi connectivity index (χ0n) is 15.9. The Hall–Kier alpha value is -3.08. The van der Waals surface area contributed by atoms with Crippen LogP contribution in [0.3, 0.4) is 0 Å². The smallest absolute Gasteiger partial charge is 0.253 e. The van der Waals surface area contributed by atoms with E-state index in [4.69, 9.17) is 4.74 Å². The SMILES string of the molecule is CCCC(=O)N(Cc1cc2cccc(C)c2[nH]c1=O)c1ccc(OC)cc1. The topological polar surface area (TPSA) is 62.4 Å². The van der Waals surface area contributed by atoms with Gasteiger partial charge in [0.05, 0.1) is 19.2 Å². The monoisotopic (exact) mass is 364 g/mol. The summed E-state index contributed by atoms with van der Waals surface area (Å²) in [6.07, 6.45) is 1.18. The normalized spacial score (nSPS) is 10.8. The third-order valence-electron chi connectivity index (χ3n) is 4.64. The number of hydrogen-bond acceptors (Lipinski definition) is 3. The summed E-state index contributed by atoms with van der Waals surface area (Å²) < 4.78 is 5.20. The molecule has 3 aromatic rings. The summed E-state index contributed by atoms with van der Waals surface area (Å²) in [5.41, 5.74) is 3.00. The van der Waals surface area contributed by atoms with Crippen molar-refractivity contribution in [2.75, 3.05) is 12.0 Å². The number of fused-ring (bicyclic) bond motifs is 1. The number of rotatable bonds is 6. The summed E-state index contributed by atoms with van der Waals surface area (Å²) in [6.45, 7) is 4.16. The number of carbonyl (C=O) groups excluding carboxylic acids is 1. The highest BCUT2D eigenvalue weighted by Gasteiger charge is 2.18. The van der Waals surface area contributed by atoms with Gasteiger partial charge in [0.25, 0.3) is 5.56 Å². The summed E-state index contributed by atoms with van der Waals surface area (Å²) in [4.78, 5) is 30.0. The van der Waals surface area contributed by atoms with Gasteiger partial charge in [0.15, 0.2) is 0 Å². The number of anilines is 1. The molecule has 5 nitrogen and oxygen atoms in total. The molecule has 3 rings (SSSR count). The summed E-state index contributed by atoms with van der Waals surface area (Å²) in [6, 6.07) is 15.1. The number of nitrogens with one attached hydrogen (secondary N) is 1. The Bertz CT molecular complexity index is 1010. The van der Waals surface area contributed by atoms with Crippen molar-refractivity contribution in [2.24, 2.45) is 0 Å². The Morgan fingerprint density at radius 2 is 1.89 bits per heavy atom. The lowest BCUT2D eigenvalue weighted by Crippen LogP contribution is -2.32. The summed E-state index contributed by atoms with van der Waals surface area (Å²) >= 11 is 0. The highest BCUT2D eigenvalue weighted by atomic mass is 16.5. The van der Waals surface area contributed by atoms with Crippen LogP contribution in [0.5, 0.6) is 5.75 Å². The summed E-state index contributed by atoms with van der Waals surface area (Å²) in [5, 5.41) is 0.960. The van der Waals surface area contributed by atoms with E-state index in [9.17, 15) is 9.59 Å². The molecule has 1 N–H and O–H groups in total. The zero-order valence-corrected chi connectivity index (χ0v) is 15.9. The Balaban J connectivity index is 2.00. The maximum absolute atomic E-state index is 12.7. The van der Waals surface area contributed by atoms with E-state index in [0.29, 0.717) is 12.0 Å². The van der Waals surface area contributed by atoms with E-state index in [0.717, 1.165) is 34.3 Å². The fourth-order valence-corrected chi connectivity index (χ4v) is 3.15. The minimum Gasteiger partial charge on any atom is -0.497 e. The van der Waals surface area contributed by atoms with Gasteiger partial charge in [-0.3, -0.25) is 9.59 Å². The first-order valence-electron chi connectivity index (χ1n) is 9.09. The van der Waals surface area contributed by atoms with Crippen molar-refractivity contribution in [3.63, 3.8) is 0 Å². The molecular weight excluding hydrogens is 340 g/mol. The van der Waals surface area contributed by atoms with Gasteiger partial charge in [-0.1, -0.05) is 25.1 Å². The summed E-state index contributed by atoms with van der Waals surface area (Å²) in [5.74, 6) is 0.715. The molecule has 1 aromatic heterocycles. The van der Waals surface area contributed by atoms with Crippen molar-refractivity contribution >= 4 is 22.5 Å². The minimum absolute atomic E-state index is 0.00796. The van der Waals surface area contributed by atoms with Crippen molar-refractivity contribution in [1.82, 2.24) is 4.98 Å². The number of para-hydroxylation sites is 1. The van der Waals surface area contributed by atoms with E-state index in [1.54, 1.807) is 12.0 Å². The fraction of sp³-hybridized carbons (Fsp3) is 0.273. The Morgan fingerprint density at radius 1 is 1.15 bits per heavy atom. The van der Waals surface area contributed by atoms with E-state index >= 15 is 0 Å². The van der Waals surface area contributed by atoms with Gasteiger partial charge in [0.2, 0.25) is 5.91 Å². The van der Waals surface area contributed by atoms with Crippen LogP contribution < -0.4 is 15.2 Å². The molecule has 0 aliphatic carbocycles. The number of amides is 1. The largest absolute Gasteiger partial charge is 0.497 e. The third-order valence-corrected chi connectivity index (χ3v) is 4.64. The molecule has 0 atom stereocenters. The molecule has 0 radical (unpaired) electrons. The Kier molecular flexibility index (Phi) is 5.60. The van der Waals surface area contributed by atoms with Gasteiger partial charge in [-0.25, -0.2) is 0 Å². The summed E-state index contributed by atoms with van der Waals surface area (Å²) in [7, 11) is 1.60. The highest BCUT2D eigenvalue weighted by molar-refractivity contribution is 5.93. The third kappa shape index (κ3) is 4.03. The van der Waals surface area contributed by atoms with Crippen LogP contribution >= 0.6 is 0 Å². The van der Waals surface area contributed by atoms with Gasteiger partial charge < -0.3 is 14.6 Å². The van der Waals surface area contributed by atoms with E-state index in [-0.39, 0.29) is 18.0 Å². The van der Waals surface area contributed by atoms with Crippen LogP contribution in [-0.4, -0.2) is 18.0 Å². The van der Waals surface area contributed by atoms with Crippen molar-refractivity contribution in [3.05, 3.63) is 70.0 Å². The van der Waals surface area contributed by atoms with Gasteiger partial charge in [0, 0.05) is 17.7 Å². The Labute approximate surface area is 158 Å². The standard InChI is InChI=1S/C22H24N2O3/c1-4-6-20(25)24(18-9-11-19(27-3)12-10-18)14-17-13-16-8-5-7-15(2)21(16)23-22(17)26/h5,7-13H,4,6,14H2,1-3H3,(H,23,26). The van der Waals surface area contributed by atoms with E-state index in [1.165, 1.54) is 0 Å². The molecule has 2 aromatic carbocycles. The predicted molar refractivity (Wildman–Crippen MR) is 108 cm³/mol. The maximum Gasteiger partial charge on any atom is 0.253 e. The fourth-order valence-electron chi connectivity index (χ4n) is 3.15. The lowest BCUT2D eigenvalue weighted by Gasteiger charge is -2.23. The van der Waals surface area contributed by atoms with Gasteiger partial charge in [0.1, 0.15) is 5.75 Å². The number of methoxy groups -OCH3 is 1. The van der Waals surface area contributed by atoms with Gasteiger partial charge in [-0.05, 0) is 54.6 Å². The van der Waals surface area contributed by atoms with Crippen LogP contribution in [0.1, 0.15) is 30.9 Å². The molecule has 0 unspecified atom stereocenters. The first-order valence-corrected chi connectivity index (χ1v) is 9.09. The number of hydrogen-bond donors (Lipinski definition) is 1. The number of pyridine rings is 1. The number of aromatic amines is 1. The van der Waals surface area contributed by atoms with Crippen LogP contribution in [0.2, 0.25) is 0 Å². The van der Waals surface area contributed by atoms with Crippen LogP contribution in [0.4, 0.5) is 5.69 Å². The average Bonchev–Trinajstić information content (AvgIpc) is 2.67. The van der Waals surface area contributed by atoms with Crippen LogP contribution in [0, 0.1) is 6.92 Å². The van der Waals surface area contributed by atoms with Gasteiger partial charge in [-0.2, -0.15) is 0 Å². The van der Waals surface area contributed by atoms with Crippen molar-refractivity contribution in [2.45, 2.75) is 33.2 Å².